The van der Waals surface area contributed by atoms with Gasteiger partial charge in [0.15, 0.2) is 12.3 Å². The third-order valence-corrected chi connectivity index (χ3v) is 4.14. The first kappa shape index (κ1) is 21.2. The Bertz CT molecular complexity index is 921. The summed E-state index contributed by atoms with van der Waals surface area (Å²) in [6.45, 7) is 4.02. The lowest BCUT2D eigenvalue weighted by Gasteiger charge is -2.24. The second-order valence-corrected chi connectivity index (χ2v) is 6.29. The van der Waals surface area contributed by atoms with Crippen LogP contribution in [0.5, 0.6) is 5.75 Å². The van der Waals surface area contributed by atoms with Gasteiger partial charge in [0.2, 0.25) is 0 Å². The van der Waals surface area contributed by atoms with Crippen molar-refractivity contribution in [3.63, 3.8) is 0 Å². The molecule has 28 heavy (non-hydrogen) atoms. The zero-order valence-corrected chi connectivity index (χ0v) is 16.0. The third kappa shape index (κ3) is 4.99. The van der Waals surface area contributed by atoms with E-state index in [0.717, 1.165) is 6.42 Å². The van der Waals surface area contributed by atoms with Gasteiger partial charge in [-0.15, -0.1) is 0 Å². The van der Waals surface area contributed by atoms with E-state index in [0.29, 0.717) is 25.1 Å². The van der Waals surface area contributed by atoms with Crippen molar-refractivity contribution in [2.45, 2.75) is 39.7 Å². The predicted molar refractivity (Wildman–Crippen MR) is 105 cm³/mol. The van der Waals surface area contributed by atoms with Gasteiger partial charge in [0.05, 0.1) is 0 Å². The van der Waals surface area contributed by atoms with Gasteiger partial charge in [0.1, 0.15) is 17.4 Å². The van der Waals surface area contributed by atoms with Crippen LogP contribution >= 0.6 is 0 Å². The predicted octanol–water partition coefficient (Wildman–Crippen LogP) is 1.88. The molecule has 0 spiro atoms. The lowest BCUT2D eigenvalue weighted by molar-refractivity contribution is -0.120. The maximum absolute atomic E-state index is 13.0. The summed E-state index contributed by atoms with van der Waals surface area (Å²) in [5, 5.41) is 0. The zero-order chi connectivity index (χ0) is 20.7. The van der Waals surface area contributed by atoms with Crippen LogP contribution in [0.25, 0.3) is 0 Å². The molecule has 0 aliphatic heterocycles. The van der Waals surface area contributed by atoms with Crippen molar-refractivity contribution in [3.05, 3.63) is 50.9 Å². The fourth-order valence-corrected chi connectivity index (χ4v) is 2.72. The molecule has 2 aromatic rings. The molecule has 152 valence electrons. The van der Waals surface area contributed by atoms with E-state index in [2.05, 4.69) is 4.98 Å². The molecule has 8 nitrogen and oxygen atoms in total. The van der Waals surface area contributed by atoms with Gasteiger partial charge in [-0.2, -0.15) is 0 Å². The minimum Gasteiger partial charge on any atom is -0.484 e. The van der Waals surface area contributed by atoms with Crippen LogP contribution in [-0.2, 0) is 11.3 Å². The SMILES string of the molecule is CCCCN(C(=O)COc1ccc(F)cc1)c1c(N)n(CCC)c(=O)[nH]c1=O. The number of rotatable bonds is 9. The van der Waals surface area contributed by atoms with E-state index >= 15 is 0 Å². The summed E-state index contributed by atoms with van der Waals surface area (Å²) < 4.78 is 19.6. The summed E-state index contributed by atoms with van der Waals surface area (Å²) in [5.74, 6) is -0.637. The van der Waals surface area contributed by atoms with Crippen LogP contribution in [0.15, 0.2) is 33.9 Å². The number of hydrogen-bond donors (Lipinski definition) is 2. The molecule has 3 N–H and O–H groups in total. The Hall–Kier alpha value is -3.10. The number of nitrogens with one attached hydrogen (secondary N) is 1. The Kier molecular flexibility index (Phi) is 7.36. The van der Waals surface area contributed by atoms with Gasteiger partial charge in [0.25, 0.3) is 11.5 Å². The summed E-state index contributed by atoms with van der Waals surface area (Å²) in [5.41, 5.74) is 4.68. The highest BCUT2D eigenvalue weighted by Crippen LogP contribution is 2.19. The number of nitrogens with zero attached hydrogens (tertiary/aromatic N) is 2. The van der Waals surface area contributed by atoms with Crippen LogP contribution in [0.1, 0.15) is 33.1 Å². The van der Waals surface area contributed by atoms with Crippen LogP contribution < -0.4 is 26.6 Å². The second-order valence-electron chi connectivity index (χ2n) is 6.29. The number of aromatic amines is 1. The highest BCUT2D eigenvalue weighted by atomic mass is 19.1. The van der Waals surface area contributed by atoms with Gasteiger partial charge in [-0.25, -0.2) is 9.18 Å². The van der Waals surface area contributed by atoms with Gasteiger partial charge in [-0.1, -0.05) is 20.3 Å². The first-order chi connectivity index (χ1) is 13.4. The quantitative estimate of drug-likeness (QED) is 0.677. The number of unbranched alkanes of at least 4 members (excludes halogenated alkanes) is 1. The van der Waals surface area contributed by atoms with Crippen LogP contribution in [0.2, 0.25) is 0 Å². The van der Waals surface area contributed by atoms with E-state index in [4.69, 9.17) is 10.5 Å². The molecule has 0 aliphatic carbocycles. The number of ether oxygens (including phenoxy) is 1. The molecular formula is C19H25FN4O4. The van der Waals surface area contributed by atoms with E-state index in [-0.39, 0.29) is 24.7 Å². The number of aromatic nitrogens is 2. The Morgan fingerprint density at radius 1 is 1.21 bits per heavy atom. The molecule has 0 radical (unpaired) electrons. The number of nitrogen functional groups attached to an aromatic ring is 1. The molecule has 0 aliphatic rings. The maximum atomic E-state index is 13.0. The number of anilines is 2. The lowest BCUT2D eigenvalue weighted by atomic mass is 10.2. The minimum atomic E-state index is -0.721. The van der Waals surface area contributed by atoms with E-state index in [1.165, 1.54) is 33.7 Å². The van der Waals surface area contributed by atoms with E-state index in [9.17, 15) is 18.8 Å². The summed E-state index contributed by atoms with van der Waals surface area (Å²) in [7, 11) is 0. The fourth-order valence-electron chi connectivity index (χ4n) is 2.72. The molecule has 1 heterocycles. The molecule has 0 saturated carbocycles. The Morgan fingerprint density at radius 2 is 1.89 bits per heavy atom. The lowest BCUT2D eigenvalue weighted by Crippen LogP contribution is -2.43. The van der Waals surface area contributed by atoms with Crippen LogP contribution in [0, 0.1) is 5.82 Å². The highest BCUT2D eigenvalue weighted by Gasteiger charge is 2.24. The van der Waals surface area contributed by atoms with Gasteiger partial charge in [-0.3, -0.25) is 19.1 Å². The normalized spacial score (nSPS) is 10.7. The summed E-state index contributed by atoms with van der Waals surface area (Å²) in [6.07, 6.45) is 2.05. The van der Waals surface area contributed by atoms with Crippen LogP contribution in [0.3, 0.4) is 0 Å². The topological polar surface area (TPSA) is 110 Å². The number of carbonyl (C=O) groups is 1. The number of amides is 1. The largest absolute Gasteiger partial charge is 0.484 e. The fraction of sp³-hybridized carbons (Fsp3) is 0.421. The molecule has 0 atom stereocenters. The van der Waals surface area contributed by atoms with Crippen LogP contribution in [0.4, 0.5) is 15.9 Å². The third-order valence-electron chi connectivity index (χ3n) is 4.14. The molecule has 1 aromatic heterocycles. The second kappa shape index (κ2) is 9.72. The molecule has 0 fully saturated rings. The average molecular weight is 392 g/mol. The summed E-state index contributed by atoms with van der Waals surface area (Å²) >= 11 is 0. The van der Waals surface area contributed by atoms with Crippen molar-refractivity contribution in [1.29, 1.82) is 0 Å². The molecule has 0 saturated heterocycles. The number of carbonyl (C=O) groups excluding carboxylic acids is 1. The van der Waals surface area contributed by atoms with E-state index in [1.54, 1.807) is 0 Å². The molecule has 0 bridgehead atoms. The van der Waals surface area contributed by atoms with Gasteiger partial charge in [-0.05, 0) is 37.1 Å². The highest BCUT2D eigenvalue weighted by molar-refractivity contribution is 5.96. The summed E-state index contributed by atoms with van der Waals surface area (Å²) in [4.78, 5) is 40.7. The molecule has 1 amide bonds. The number of H-pyrrole nitrogens is 1. The Morgan fingerprint density at radius 3 is 2.50 bits per heavy atom. The number of nitrogens with two attached hydrogens (primary N) is 1. The first-order valence-corrected chi connectivity index (χ1v) is 9.20. The standard InChI is InChI=1S/C19H25FN4O4/c1-3-5-11-23(15(25)12-28-14-8-6-13(20)7-9-14)16-17(21)24(10-4-2)19(27)22-18(16)26/h6-9H,3-5,10-12,21H2,1-2H3,(H,22,26,27). The maximum Gasteiger partial charge on any atom is 0.330 e. The average Bonchev–Trinajstić information content (AvgIpc) is 2.66. The van der Waals surface area contributed by atoms with Crippen molar-refractivity contribution in [2.24, 2.45) is 0 Å². The van der Waals surface area contributed by atoms with Crippen LogP contribution in [-0.4, -0.2) is 28.6 Å². The Balaban J connectivity index is 2.33. The van der Waals surface area contributed by atoms with Crippen molar-refractivity contribution in [3.8, 4) is 5.75 Å². The van der Waals surface area contributed by atoms with Crippen molar-refractivity contribution < 1.29 is 13.9 Å². The molecule has 9 heteroatoms. The van der Waals surface area contributed by atoms with Crippen molar-refractivity contribution in [2.75, 3.05) is 23.8 Å². The van der Waals surface area contributed by atoms with E-state index < -0.39 is 23.0 Å². The molecule has 2 rings (SSSR count). The smallest absolute Gasteiger partial charge is 0.330 e. The zero-order valence-electron chi connectivity index (χ0n) is 16.0. The summed E-state index contributed by atoms with van der Waals surface area (Å²) in [6, 6.07) is 5.25. The number of benzene rings is 1. The monoisotopic (exact) mass is 392 g/mol. The van der Waals surface area contributed by atoms with E-state index in [1.807, 2.05) is 13.8 Å². The Labute approximate surface area is 161 Å². The van der Waals surface area contributed by atoms with Gasteiger partial charge >= 0.3 is 5.69 Å². The number of halogens is 1. The van der Waals surface area contributed by atoms with Crippen molar-refractivity contribution >= 4 is 17.4 Å². The molecule has 0 unspecified atom stereocenters. The van der Waals surface area contributed by atoms with Crippen molar-refractivity contribution in [1.82, 2.24) is 9.55 Å². The molecular weight excluding hydrogens is 367 g/mol. The first-order valence-electron chi connectivity index (χ1n) is 9.20. The van der Waals surface area contributed by atoms with Gasteiger partial charge in [0, 0.05) is 13.1 Å². The minimum absolute atomic E-state index is 0.0539. The molecule has 1 aromatic carbocycles. The number of hydrogen-bond acceptors (Lipinski definition) is 5. The van der Waals surface area contributed by atoms with Gasteiger partial charge < -0.3 is 15.4 Å².